The fourth-order valence-corrected chi connectivity index (χ4v) is 2.80. The van der Waals surface area contributed by atoms with Gasteiger partial charge in [-0.15, -0.1) is 59.3 Å². The van der Waals surface area contributed by atoms with E-state index in [1.165, 1.54) is 0 Å². The number of rotatable bonds is 0. The number of aromatic nitrogens is 1. The van der Waals surface area contributed by atoms with Crippen LogP contribution < -0.4 is 4.74 Å². The zero-order valence-electron chi connectivity index (χ0n) is 13.8. The third kappa shape index (κ3) is 3.63. The van der Waals surface area contributed by atoms with Crippen LogP contribution in [-0.2, 0) is 27.7 Å². The molecule has 0 amide bonds. The van der Waals surface area contributed by atoms with Crippen LogP contribution in [0.25, 0.3) is 22.0 Å². The van der Waals surface area contributed by atoms with Crippen molar-refractivity contribution >= 4 is 10.8 Å². The zero-order chi connectivity index (χ0) is 17.1. The maximum Gasteiger partial charge on any atom is 2.00 e. The first-order valence-electron chi connectivity index (χ1n) is 7.99. The number of fused-ring (bicyclic) bond motifs is 4. The number of ether oxygens (including phenoxy) is 1. The first-order valence-corrected chi connectivity index (χ1v) is 7.99. The molecular weight excluding hydrogens is 505 g/mol. The third-order valence-corrected chi connectivity index (χ3v) is 4.00. The summed E-state index contributed by atoms with van der Waals surface area (Å²) in [6, 6.07) is 26.9. The molecule has 4 aromatic rings. The van der Waals surface area contributed by atoms with E-state index in [1.54, 1.807) is 18.3 Å². The van der Waals surface area contributed by atoms with E-state index in [4.69, 9.17) is 4.74 Å². The molecule has 1 aromatic heterocycles. The number of pyridine rings is 1. The normalized spacial score (nSPS) is 11.1. The largest absolute Gasteiger partial charge is 2.00 e. The van der Waals surface area contributed by atoms with Gasteiger partial charge in [-0.2, -0.15) is 0 Å². The first kappa shape index (κ1) is 18.2. The van der Waals surface area contributed by atoms with Crippen LogP contribution in [0, 0.1) is 12.1 Å². The molecule has 1 aliphatic rings. The zero-order valence-corrected chi connectivity index (χ0v) is 16.0. The fourth-order valence-electron chi connectivity index (χ4n) is 2.80. The molecule has 130 valence electrons. The van der Waals surface area contributed by atoms with Crippen LogP contribution >= 0.6 is 0 Å². The summed E-state index contributed by atoms with van der Waals surface area (Å²) >= 11 is 0. The molecule has 0 radical (unpaired) electrons. The topological polar surface area (TPSA) is 42.4 Å². The van der Waals surface area contributed by atoms with Gasteiger partial charge in [0.05, 0.1) is 6.61 Å². The minimum absolute atomic E-state index is 0. The quantitative estimate of drug-likeness (QED) is 0.340. The van der Waals surface area contributed by atoms with Crippen molar-refractivity contribution in [2.75, 3.05) is 0 Å². The smallest absolute Gasteiger partial charge is 0.551 e. The molecule has 0 atom stereocenters. The standard InChI is InChI=1S/C12H8NO.C10H7O.Pt/c1-2-6-11-10(5-1)12-9(8-14-11)4-3-7-13-12;11-10-7-3-5-8-4-1-2-6-9(8)10;/h1-4,6-7H,8H2;1-5,7,11H;/q2*-1;+2. The van der Waals surface area contributed by atoms with Crippen LogP contribution in [0.4, 0.5) is 0 Å². The van der Waals surface area contributed by atoms with E-state index in [1.807, 2.05) is 54.6 Å². The summed E-state index contributed by atoms with van der Waals surface area (Å²) in [5.41, 5.74) is 3.09. The van der Waals surface area contributed by atoms with E-state index in [2.05, 4.69) is 17.1 Å². The molecule has 5 rings (SSSR count). The Bertz CT molecular complexity index is 982. The van der Waals surface area contributed by atoms with Crippen molar-refractivity contribution in [1.29, 1.82) is 0 Å². The molecule has 4 heteroatoms. The van der Waals surface area contributed by atoms with Crippen molar-refractivity contribution in [3.8, 4) is 22.8 Å². The maximum atomic E-state index is 9.34. The monoisotopic (exact) mass is 520 g/mol. The minimum Gasteiger partial charge on any atom is -0.551 e. The van der Waals surface area contributed by atoms with E-state index in [-0.39, 0.29) is 21.1 Å². The van der Waals surface area contributed by atoms with Crippen molar-refractivity contribution < 1.29 is 30.9 Å². The second kappa shape index (κ2) is 8.16. The van der Waals surface area contributed by atoms with Crippen LogP contribution in [0.5, 0.6) is 11.5 Å². The van der Waals surface area contributed by atoms with Crippen molar-refractivity contribution in [1.82, 2.24) is 4.98 Å². The maximum absolute atomic E-state index is 9.34. The number of benzene rings is 3. The Labute approximate surface area is 166 Å². The van der Waals surface area contributed by atoms with Gasteiger partial charge in [0.1, 0.15) is 0 Å². The van der Waals surface area contributed by atoms with Gasteiger partial charge >= 0.3 is 21.1 Å². The van der Waals surface area contributed by atoms with E-state index < -0.39 is 0 Å². The molecule has 3 nitrogen and oxygen atoms in total. The van der Waals surface area contributed by atoms with Crippen molar-refractivity contribution in [3.05, 3.63) is 90.6 Å². The predicted molar refractivity (Wildman–Crippen MR) is 97.3 cm³/mol. The van der Waals surface area contributed by atoms with Gasteiger partial charge in [-0.1, -0.05) is 29.8 Å². The van der Waals surface area contributed by atoms with Gasteiger partial charge in [-0.25, -0.2) is 0 Å². The van der Waals surface area contributed by atoms with E-state index >= 15 is 0 Å². The van der Waals surface area contributed by atoms with Gasteiger partial charge in [-0.05, 0) is 17.3 Å². The van der Waals surface area contributed by atoms with E-state index in [0.29, 0.717) is 12.4 Å². The van der Waals surface area contributed by atoms with Crippen LogP contribution in [0.15, 0.2) is 72.9 Å². The summed E-state index contributed by atoms with van der Waals surface area (Å²) in [4.78, 5) is 4.35. The van der Waals surface area contributed by atoms with Crippen molar-refractivity contribution in [2.24, 2.45) is 0 Å². The Morgan fingerprint density at radius 1 is 0.923 bits per heavy atom. The number of nitrogens with zero attached hydrogens (tertiary/aromatic N) is 1. The molecule has 1 aliphatic heterocycles. The average Bonchev–Trinajstić information content (AvgIpc) is 2.69. The number of phenols is 1. The SMILES string of the molecule is Oc1cccc2ccc[c-]c12.[Pt+2].[c-]1cccc2c1-c1ncccc1CO2. The molecule has 0 bridgehead atoms. The van der Waals surface area contributed by atoms with Crippen LogP contribution in [0.1, 0.15) is 5.56 Å². The summed E-state index contributed by atoms with van der Waals surface area (Å²) in [7, 11) is 0. The number of hydrogen-bond donors (Lipinski definition) is 1. The summed E-state index contributed by atoms with van der Waals surface area (Å²) in [6.07, 6.45) is 1.80. The summed E-state index contributed by atoms with van der Waals surface area (Å²) in [5.74, 6) is 1.17. The Balaban J connectivity index is 0.000000149. The summed E-state index contributed by atoms with van der Waals surface area (Å²) in [6.45, 7) is 0.605. The molecule has 0 saturated heterocycles. The second-order valence-corrected chi connectivity index (χ2v) is 5.62. The number of aromatic hydroxyl groups is 1. The van der Waals surface area contributed by atoms with Crippen molar-refractivity contribution in [2.45, 2.75) is 6.61 Å². The van der Waals surface area contributed by atoms with Crippen LogP contribution in [0.3, 0.4) is 0 Å². The van der Waals surface area contributed by atoms with Gasteiger partial charge in [0.2, 0.25) is 0 Å². The van der Waals surface area contributed by atoms with Gasteiger partial charge in [0.25, 0.3) is 0 Å². The Hall–Kier alpha value is -2.64. The Morgan fingerprint density at radius 2 is 1.73 bits per heavy atom. The molecular formula is C22H15NO2Pt. The minimum atomic E-state index is 0. The molecule has 0 aliphatic carbocycles. The molecule has 2 heterocycles. The van der Waals surface area contributed by atoms with E-state index in [9.17, 15) is 5.11 Å². The molecule has 3 aromatic carbocycles. The molecule has 0 spiro atoms. The number of phenolic OH excluding ortho intramolecular Hbond substituents is 1. The van der Waals surface area contributed by atoms with Gasteiger partial charge < -0.3 is 14.8 Å². The second-order valence-electron chi connectivity index (χ2n) is 5.62. The molecule has 0 fully saturated rings. The summed E-state index contributed by atoms with van der Waals surface area (Å²) < 4.78 is 5.58. The van der Waals surface area contributed by atoms with Gasteiger partial charge in [-0.3, -0.25) is 0 Å². The van der Waals surface area contributed by atoms with E-state index in [0.717, 1.165) is 33.3 Å². The Morgan fingerprint density at radius 3 is 2.62 bits per heavy atom. The molecule has 0 saturated carbocycles. The van der Waals surface area contributed by atoms with Gasteiger partial charge in [0.15, 0.2) is 0 Å². The van der Waals surface area contributed by atoms with Crippen LogP contribution in [0.2, 0.25) is 0 Å². The average molecular weight is 520 g/mol. The Kier molecular flexibility index (Phi) is 5.70. The predicted octanol–water partition coefficient (Wildman–Crippen LogP) is 4.78. The van der Waals surface area contributed by atoms with Crippen LogP contribution in [-0.4, -0.2) is 10.1 Å². The van der Waals surface area contributed by atoms with Gasteiger partial charge in [0, 0.05) is 17.7 Å². The molecule has 26 heavy (non-hydrogen) atoms. The third-order valence-electron chi connectivity index (χ3n) is 4.00. The molecule has 0 unspecified atom stereocenters. The number of hydrogen-bond acceptors (Lipinski definition) is 3. The summed E-state index contributed by atoms with van der Waals surface area (Å²) in [5, 5.41) is 11.1. The van der Waals surface area contributed by atoms with Crippen molar-refractivity contribution in [3.63, 3.8) is 0 Å². The molecule has 1 N–H and O–H groups in total. The fraction of sp³-hybridized carbons (Fsp3) is 0.0455. The first-order chi connectivity index (χ1) is 12.3.